The molecule has 0 aliphatic rings. The molecule has 0 rings (SSSR count). The molecule has 0 aromatic heterocycles. The minimum absolute atomic E-state index is 0.216. The second kappa shape index (κ2) is 7.73. The van der Waals surface area contributed by atoms with E-state index in [1.165, 1.54) is 6.42 Å². The molecule has 88 valence electrons. The van der Waals surface area contributed by atoms with Gasteiger partial charge in [-0.15, -0.1) is 6.42 Å². The molecule has 15 heavy (non-hydrogen) atoms. The van der Waals surface area contributed by atoms with Gasteiger partial charge in [-0.3, -0.25) is 5.32 Å². The van der Waals surface area contributed by atoms with Crippen LogP contribution in [0.2, 0.25) is 0 Å². The molecular formula is C13H26N2. The molecule has 2 unspecified atom stereocenters. The summed E-state index contributed by atoms with van der Waals surface area (Å²) in [5.41, 5.74) is 0. The molecule has 0 aromatic carbocycles. The van der Waals surface area contributed by atoms with Gasteiger partial charge >= 0.3 is 0 Å². The van der Waals surface area contributed by atoms with Gasteiger partial charge in [-0.25, -0.2) is 0 Å². The Morgan fingerprint density at radius 1 is 1.33 bits per heavy atom. The first-order valence-corrected chi connectivity index (χ1v) is 5.86. The fraction of sp³-hybridized carbons (Fsp3) is 0.846. The third-order valence-electron chi connectivity index (χ3n) is 2.39. The number of hydrogen-bond donors (Lipinski definition) is 1. The zero-order valence-electron chi connectivity index (χ0n) is 10.9. The molecular weight excluding hydrogens is 184 g/mol. The third-order valence-corrected chi connectivity index (χ3v) is 2.39. The van der Waals surface area contributed by atoms with Crippen molar-refractivity contribution in [3.63, 3.8) is 0 Å². The SMILES string of the molecule is C#CC(CC)NC(CC(C)C)CN(C)C. The Labute approximate surface area is 95.4 Å². The van der Waals surface area contributed by atoms with Crippen molar-refractivity contribution in [3.8, 4) is 12.3 Å². The lowest BCUT2D eigenvalue weighted by Gasteiger charge is -2.26. The zero-order valence-corrected chi connectivity index (χ0v) is 10.9. The number of nitrogens with one attached hydrogen (secondary N) is 1. The minimum atomic E-state index is 0.216. The molecule has 0 heterocycles. The lowest BCUT2D eigenvalue weighted by atomic mass is 10.0. The minimum Gasteiger partial charge on any atom is -0.308 e. The van der Waals surface area contributed by atoms with Gasteiger partial charge in [-0.1, -0.05) is 26.7 Å². The summed E-state index contributed by atoms with van der Waals surface area (Å²) in [6, 6.07) is 0.717. The summed E-state index contributed by atoms with van der Waals surface area (Å²) in [4.78, 5) is 2.21. The highest BCUT2D eigenvalue weighted by Crippen LogP contribution is 2.07. The summed E-state index contributed by atoms with van der Waals surface area (Å²) in [5.74, 6) is 3.51. The molecule has 0 aliphatic carbocycles. The quantitative estimate of drug-likeness (QED) is 0.646. The lowest BCUT2D eigenvalue weighted by molar-refractivity contribution is 0.296. The van der Waals surface area contributed by atoms with Crippen molar-refractivity contribution < 1.29 is 0 Å². The average molecular weight is 210 g/mol. The monoisotopic (exact) mass is 210 g/mol. The zero-order chi connectivity index (χ0) is 11.8. The maximum absolute atomic E-state index is 5.47. The summed E-state index contributed by atoms with van der Waals surface area (Å²) < 4.78 is 0. The molecule has 0 saturated heterocycles. The van der Waals surface area contributed by atoms with E-state index in [1.54, 1.807) is 0 Å². The van der Waals surface area contributed by atoms with Crippen LogP contribution in [-0.4, -0.2) is 37.6 Å². The fourth-order valence-electron chi connectivity index (χ4n) is 1.77. The van der Waals surface area contributed by atoms with Gasteiger partial charge in [0, 0.05) is 12.6 Å². The molecule has 0 bridgehead atoms. The van der Waals surface area contributed by atoms with E-state index in [9.17, 15) is 0 Å². The Bertz CT molecular complexity index is 181. The Hall–Kier alpha value is -0.520. The van der Waals surface area contributed by atoms with E-state index in [1.807, 2.05) is 0 Å². The number of likely N-dealkylation sites (N-methyl/N-ethyl adjacent to an activating group) is 1. The van der Waals surface area contributed by atoms with E-state index in [4.69, 9.17) is 6.42 Å². The molecule has 0 fully saturated rings. The summed E-state index contributed by atoms with van der Waals surface area (Å²) in [7, 11) is 4.21. The van der Waals surface area contributed by atoms with Crippen LogP contribution in [0.15, 0.2) is 0 Å². The van der Waals surface area contributed by atoms with Crippen molar-refractivity contribution in [1.29, 1.82) is 0 Å². The Kier molecular flexibility index (Phi) is 7.46. The standard InChI is InChI=1S/C13H26N2/c1-7-12(8-2)14-13(9-11(3)4)10-15(5)6/h1,11-14H,8-10H2,2-6H3. The van der Waals surface area contributed by atoms with Crippen molar-refractivity contribution in [1.82, 2.24) is 10.2 Å². The highest BCUT2D eigenvalue weighted by atomic mass is 15.1. The third kappa shape index (κ3) is 7.41. The van der Waals surface area contributed by atoms with Crippen LogP contribution in [0.3, 0.4) is 0 Å². The maximum Gasteiger partial charge on any atom is 0.0686 e. The second-order valence-corrected chi connectivity index (χ2v) is 4.88. The molecule has 0 aromatic rings. The number of hydrogen-bond acceptors (Lipinski definition) is 2. The number of terminal acetylenes is 1. The van der Waals surface area contributed by atoms with Crippen LogP contribution in [-0.2, 0) is 0 Å². The number of nitrogens with zero attached hydrogens (tertiary/aromatic N) is 1. The molecule has 0 aliphatic heterocycles. The average Bonchev–Trinajstić information content (AvgIpc) is 2.11. The van der Waals surface area contributed by atoms with Gasteiger partial charge < -0.3 is 4.90 Å². The van der Waals surface area contributed by atoms with Crippen LogP contribution in [0.1, 0.15) is 33.6 Å². The summed E-state index contributed by atoms with van der Waals surface area (Å²) in [5, 5.41) is 3.54. The first kappa shape index (κ1) is 14.5. The first-order chi connectivity index (χ1) is 6.99. The molecule has 1 N–H and O–H groups in total. The van der Waals surface area contributed by atoms with Gasteiger partial charge in [0.15, 0.2) is 0 Å². The molecule has 0 amide bonds. The van der Waals surface area contributed by atoms with Crippen LogP contribution in [0.25, 0.3) is 0 Å². The van der Waals surface area contributed by atoms with Crippen LogP contribution in [0.4, 0.5) is 0 Å². The first-order valence-electron chi connectivity index (χ1n) is 5.86. The van der Waals surface area contributed by atoms with E-state index in [0.29, 0.717) is 12.0 Å². The predicted molar refractivity (Wildman–Crippen MR) is 67.8 cm³/mol. The Morgan fingerprint density at radius 3 is 2.27 bits per heavy atom. The number of rotatable bonds is 7. The lowest BCUT2D eigenvalue weighted by Crippen LogP contribution is -2.44. The van der Waals surface area contributed by atoms with E-state index in [2.05, 4.69) is 51.0 Å². The highest BCUT2D eigenvalue weighted by Gasteiger charge is 2.14. The van der Waals surface area contributed by atoms with Gasteiger partial charge in [0.05, 0.1) is 6.04 Å². The van der Waals surface area contributed by atoms with Crippen LogP contribution < -0.4 is 5.32 Å². The molecule has 0 spiro atoms. The van der Waals surface area contributed by atoms with Gasteiger partial charge in [-0.2, -0.15) is 0 Å². The highest BCUT2D eigenvalue weighted by molar-refractivity contribution is 4.99. The molecule has 0 radical (unpaired) electrons. The van der Waals surface area contributed by atoms with Crippen molar-refractivity contribution >= 4 is 0 Å². The van der Waals surface area contributed by atoms with Crippen molar-refractivity contribution in [2.24, 2.45) is 5.92 Å². The topological polar surface area (TPSA) is 15.3 Å². The van der Waals surface area contributed by atoms with Crippen molar-refractivity contribution in [2.45, 2.75) is 45.7 Å². The van der Waals surface area contributed by atoms with Crippen LogP contribution >= 0.6 is 0 Å². The Morgan fingerprint density at radius 2 is 1.93 bits per heavy atom. The molecule has 2 heteroatoms. The van der Waals surface area contributed by atoms with E-state index in [0.717, 1.165) is 13.0 Å². The maximum atomic E-state index is 5.47. The van der Waals surface area contributed by atoms with Crippen molar-refractivity contribution in [2.75, 3.05) is 20.6 Å². The van der Waals surface area contributed by atoms with E-state index in [-0.39, 0.29) is 6.04 Å². The van der Waals surface area contributed by atoms with Gasteiger partial charge in [-0.05, 0) is 32.9 Å². The summed E-state index contributed by atoms with van der Waals surface area (Å²) in [6.07, 6.45) is 7.64. The normalized spacial score (nSPS) is 15.3. The molecule has 2 atom stereocenters. The van der Waals surface area contributed by atoms with Crippen molar-refractivity contribution in [3.05, 3.63) is 0 Å². The largest absolute Gasteiger partial charge is 0.308 e. The second-order valence-electron chi connectivity index (χ2n) is 4.88. The fourth-order valence-corrected chi connectivity index (χ4v) is 1.77. The predicted octanol–water partition coefficient (Wildman–Crippen LogP) is 1.96. The van der Waals surface area contributed by atoms with Crippen LogP contribution in [0, 0.1) is 18.3 Å². The summed E-state index contributed by atoms with van der Waals surface area (Å²) >= 11 is 0. The molecule has 2 nitrogen and oxygen atoms in total. The molecule has 0 saturated carbocycles. The smallest absolute Gasteiger partial charge is 0.0686 e. The van der Waals surface area contributed by atoms with E-state index < -0.39 is 0 Å². The van der Waals surface area contributed by atoms with Gasteiger partial charge in [0.1, 0.15) is 0 Å². The summed E-state index contributed by atoms with van der Waals surface area (Å²) in [6.45, 7) is 7.68. The van der Waals surface area contributed by atoms with E-state index >= 15 is 0 Å². The Balaban J connectivity index is 4.17. The van der Waals surface area contributed by atoms with Crippen LogP contribution in [0.5, 0.6) is 0 Å². The van der Waals surface area contributed by atoms with Gasteiger partial charge in [0.2, 0.25) is 0 Å². The van der Waals surface area contributed by atoms with Gasteiger partial charge in [0.25, 0.3) is 0 Å².